The standard InChI is InChI=1S/C28H28N4O5/c1-16(2)36-23-10-9-17(12-19(23)15-29)28-30-27(31-37-28)21-7-5-6-20-22(21)13-18-14-24(33)32(26(18)20)11-4-3-8-25(34)35/h5-7,9-10,12,16,18,26H,3-4,8,11,13-14H2,1-2H3,(H,34,35)/t18-,26+/m0/s1. The van der Waals surface area contributed by atoms with Gasteiger partial charge in [-0.05, 0) is 68.4 Å². The van der Waals surface area contributed by atoms with Crippen molar-refractivity contribution in [1.29, 1.82) is 5.26 Å². The molecule has 190 valence electrons. The predicted octanol–water partition coefficient (Wildman–Crippen LogP) is 4.76. The van der Waals surface area contributed by atoms with Gasteiger partial charge >= 0.3 is 5.97 Å². The summed E-state index contributed by atoms with van der Waals surface area (Å²) in [6, 6.07) is 13.3. The van der Waals surface area contributed by atoms with Crippen LogP contribution in [0, 0.1) is 17.2 Å². The number of carbonyl (C=O) groups excluding carboxylic acids is 1. The maximum atomic E-state index is 12.7. The van der Waals surface area contributed by atoms with Crippen LogP contribution in [0.3, 0.4) is 0 Å². The van der Waals surface area contributed by atoms with Crippen LogP contribution in [0.2, 0.25) is 0 Å². The molecule has 0 spiro atoms. The third-order valence-corrected chi connectivity index (χ3v) is 6.95. The molecular weight excluding hydrogens is 472 g/mol. The number of unbranched alkanes of at least 4 members (excludes halogenated alkanes) is 1. The summed E-state index contributed by atoms with van der Waals surface area (Å²) >= 11 is 0. The fourth-order valence-electron chi connectivity index (χ4n) is 5.43. The summed E-state index contributed by atoms with van der Waals surface area (Å²) in [7, 11) is 0. The minimum Gasteiger partial charge on any atom is -0.490 e. The maximum Gasteiger partial charge on any atom is 0.303 e. The summed E-state index contributed by atoms with van der Waals surface area (Å²) < 4.78 is 11.3. The Bertz CT molecular complexity index is 1390. The van der Waals surface area contributed by atoms with Crippen molar-refractivity contribution in [3.8, 4) is 34.7 Å². The summed E-state index contributed by atoms with van der Waals surface area (Å²) in [5, 5.41) is 22.7. The van der Waals surface area contributed by atoms with Crippen LogP contribution in [0.25, 0.3) is 22.8 Å². The molecule has 9 heteroatoms. The van der Waals surface area contributed by atoms with Gasteiger partial charge in [0.25, 0.3) is 5.89 Å². The minimum atomic E-state index is -0.815. The van der Waals surface area contributed by atoms with Gasteiger partial charge in [0.15, 0.2) is 0 Å². The van der Waals surface area contributed by atoms with Crippen molar-refractivity contribution in [3.05, 3.63) is 53.1 Å². The van der Waals surface area contributed by atoms with Crippen LogP contribution < -0.4 is 4.74 Å². The van der Waals surface area contributed by atoms with Crippen LogP contribution in [0.1, 0.15) is 62.3 Å². The monoisotopic (exact) mass is 500 g/mol. The van der Waals surface area contributed by atoms with Gasteiger partial charge in [-0.2, -0.15) is 10.2 Å². The van der Waals surface area contributed by atoms with Crippen molar-refractivity contribution in [2.45, 2.75) is 58.1 Å². The molecule has 1 amide bonds. The number of likely N-dealkylation sites (tertiary alicyclic amines) is 1. The molecule has 1 aromatic heterocycles. The number of fused-ring (bicyclic) bond motifs is 3. The van der Waals surface area contributed by atoms with Crippen molar-refractivity contribution in [3.63, 3.8) is 0 Å². The molecule has 0 bridgehead atoms. The van der Waals surface area contributed by atoms with E-state index in [4.69, 9.17) is 14.4 Å². The molecule has 1 saturated heterocycles. The zero-order chi connectivity index (χ0) is 26.1. The number of carboxylic acid groups (broad SMARTS) is 1. The number of amides is 1. The van der Waals surface area contributed by atoms with Crippen LogP contribution >= 0.6 is 0 Å². The minimum absolute atomic E-state index is 0.00895. The summed E-state index contributed by atoms with van der Waals surface area (Å²) in [6.07, 6.45) is 2.50. The van der Waals surface area contributed by atoms with Gasteiger partial charge in [0.05, 0.1) is 17.7 Å². The van der Waals surface area contributed by atoms with Gasteiger partial charge in [-0.15, -0.1) is 0 Å². The van der Waals surface area contributed by atoms with E-state index in [-0.39, 0.29) is 30.4 Å². The van der Waals surface area contributed by atoms with E-state index in [2.05, 4.69) is 22.3 Å². The fourth-order valence-corrected chi connectivity index (χ4v) is 5.43. The molecule has 9 nitrogen and oxygen atoms in total. The predicted molar refractivity (Wildman–Crippen MR) is 133 cm³/mol. The van der Waals surface area contributed by atoms with Crippen molar-refractivity contribution in [2.24, 2.45) is 5.92 Å². The van der Waals surface area contributed by atoms with Crippen molar-refractivity contribution >= 4 is 11.9 Å². The van der Waals surface area contributed by atoms with Gasteiger partial charge in [0.1, 0.15) is 11.8 Å². The number of ether oxygens (including phenoxy) is 1. The number of nitrogens with zero attached hydrogens (tertiary/aromatic N) is 4. The summed E-state index contributed by atoms with van der Waals surface area (Å²) in [5.41, 5.74) is 4.12. The van der Waals surface area contributed by atoms with Crippen molar-refractivity contribution < 1.29 is 24.0 Å². The van der Waals surface area contributed by atoms with E-state index in [9.17, 15) is 14.9 Å². The first-order valence-electron chi connectivity index (χ1n) is 12.5. The topological polar surface area (TPSA) is 130 Å². The molecule has 0 saturated carbocycles. The average Bonchev–Trinajstić information content (AvgIpc) is 3.56. The van der Waals surface area contributed by atoms with Crippen LogP contribution in [0.4, 0.5) is 0 Å². The number of nitriles is 1. The van der Waals surface area contributed by atoms with Crippen LogP contribution in [-0.2, 0) is 16.0 Å². The molecule has 2 atom stereocenters. The summed E-state index contributed by atoms with van der Waals surface area (Å²) in [5.74, 6) is 0.781. The Kier molecular flexibility index (Phi) is 6.66. The lowest BCUT2D eigenvalue weighted by molar-refractivity contribution is -0.137. The van der Waals surface area contributed by atoms with E-state index in [1.165, 1.54) is 0 Å². The molecule has 2 heterocycles. The Morgan fingerprint density at radius 1 is 1.27 bits per heavy atom. The third-order valence-electron chi connectivity index (χ3n) is 6.95. The maximum absolute atomic E-state index is 12.7. The first-order valence-corrected chi connectivity index (χ1v) is 12.5. The fraction of sp³-hybridized carbons (Fsp3) is 0.393. The highest BCUT2D eigenvalue weighted by Gasteiger charge is 2.46. The molecule has 2 aromatic carbocycles. The molecule has 0 radical (unpaired) electrons. The molecular formula is C28H28N4O5. The van der Waals surface area contributed by atoms with Gasteiger partial charge in [0, 0.05) is 30.5 Å². The largest absolute Gasteiger partial charge is 0.490 e. The van der Waals surface area contributed by atoms with E-state index in [0.717, 1.165) is 23.1 Å². The number of rotatable bonds is 9. The highest BCUT2D eigenvalue weighted by molar-refractivity contribution is 5.81. The molecule has 1 N–H and O–H groups in total. The highest BCUT2D eigenvalue weighted by Crippen LogP contribution is 2.49. The average molecular weight is 501 g/mol. The van der Waals surface area contributed by atoms with E-state index < -0.39 is 5.97 Å². The van der Waals surface area contributed by atoms with E-state index in [1.54, 1.807) is 18.2 Å². The second-order valence-corrected chi connectivity index (χ2v) is 9.84. The molecule has 37 heavy (non-hydrogen) atoms. The van der Waals surface area contributed by atoms with Crippen LogP contribution in [0.5, 0.6) is 5.75 Å². The van der Waals surface area contributed by atoms with E-state index in [1.807, 2.05) is 30.9 Å². The second kappa shape index (κ2) is 10.1. The number of carbonyl (C=O) groups is 2. The number of aromatic nitrogens is 2. The summed E-state index contributed by atoms with van der Waals surface area (Å²) in [4.78, 5) is 30.1. The Morgan fingerprint density at radius 3 is 2.86 bits per heavy atom. The molecule has 3 aromatic rings. The quantitative estimate of drug-likeness (QED) is 0.416. The zero-order valence-corrected chi connectivity index (χ0v) is 20.8. The SMILES string of the molecule is CC(C)Oc1ccc(-c2nc(-c3cccc4c3C[C@H]3CC(=O)N(CCCCC(=O)O)[C@@H]43)no2)cc1C#N. The number of hydrogen-bond donors (Lipinski definition) is 1. The van der Waals surface area contributed by atoms with Crippen LogP contribution in [0.15, 0.2) is 40.9 Å². The molecule has 2 aliphatic rings. The number of aliphatic carboxylic acids is 1. The lowest BCUT2D eigenvalue weighted by Gasteiger charge is -2.25. The first kappa shape index (κ1) is 24.5. The van der Waals surface area contributed by atoms with Gasteiger partial charge < -0.3 is 19.3 Å². The van der Waals surface area contributed by atoms with E-state index >= 15 is 0 Å². The molecule has 5 rings (SSSR count). The Morgan fingerprint density at radius 2 is 2.11 bits per heavy atom. The zero-order valence-electron chi connectivity index (χ0n) is 20.8. The molecule has 1 aliphatic carbocycles. The first-order chi connectivity index (χ1) is 17.9. The van der Waals surface area contributed by atoms with Gasteiger partial charge in [-0.1, -0.05) is 23.4 Å². The summed E-state index contributed by atoms with van der Waals surface area (Å²) in [6.45, 7) is 4.36. The highest BCUT2D eigenvalue weighted by atomic mass is 16.5. The molecule has 1 fully saturated rings. The van der Waals surface area contributed by atoms with Crippen molar-refractivity contribution in [2.75, 3.05) is 6.54 Å². The Hall–Kier alpha value is -4.19. The number of hydrogen-bond acceptors (Lipinski definition) is 7. The van der Waals surface area contributed by atoms with Crippen LogP contribution in [-0.4, -0.2) is 44.7 Å². The smallest absolute Gasteiger partial charge is 0.303 e. The lowest BCUT2D eigenvalue weighted by Crippen LogP contribution is -2.29. The molecule has 0 unspecified atom stereocenters. The Balaban J connectivity index is 1.39. The number of benzene rings is 2. The second-order valence-electron chi connectivity index (χ2n) is 9.84. The lowest BCUT2D eigenvalue weighted by atomic mass is 10.0. The van der Waals surface area contributed by atoms with Gasteiger partial charge in [0.2, 0.25) is 11.7 Å². The third kappa shape index (κ3) is 4.79. The normalized spacial score (nSPS) is 18.1. The number of carboxylic acids is 1. The van der Waals surface area contributed by atoms with Crippen molar-refractivity contribution in [1.82, 2.24) is 15.0 Å². The van der Waals surface area contributed by atoms with E-state index in [0.29, 0.717) is 54.4 Å². The van der Waals surface area contributed by atoms with Gasteiger partial charge in [-0.25, -0.2) is 0 Å². The van der Waals surface area contributed by atoms with Gasteiger partial charge in [-0.3, -0.25) is 9.59 Å². The Labute approximate surface area is 214 Å². The molecule has 1 aliphatic heterocycles.